The molecule has 22 heavy (non-hydrogen) atoms. The molecular formula is C14H21Cl2NO5. The molecule has 1 aromatic rings. The molecule has 0 aromatic heterocycles. The molecule has 0 spiro atoms. The number of para-hydroxylation sites is 1. The summed E-state index contributed by atoms with van der Waals surface area (Å²) in [5.74, 6) is 0.00727. The number of hydrogen-bond donors (Lipinski definition) is 1. The van der Waals surface area contributed by atoms with E-state index in [0.29, 0.717) is 25.2 Å². The Labute approximate surface area is 142 Å². The summed E-state index contributed by atoms with van der Waals surface area (Å²) in [5, 5.41) is 0. The number of methoxy groups -OCH3 is 1. The fourth-order valence-electron chi connectivity index (χ4n) is 1.62. The summed E-state index contributed by atoms with van der Waals surface area (Å²) >= 11 is 0. The highest BCUT2D eigenvalue weighted by Gasteiger charge is 2.15. The van der Waals surface area contributed by atoms with E-state index in [0.717, 1.165) is 12.8 Å². The summed E-state index contributed by atoms with van der Waals surface area (Å²) in [6, 6.07) is 4.80. The van der Waals surface area contributed by atoms with E-state index in [1.807, 2.05) is 0 Å². The topological polar surface area (TPSA) is 87.8 Å². The second-order valence-corrected chi connectivity index (χ2v) is 4.02. The van der Waals surface area contributed by atoms with Gasteiger partial charge in [-0.25, -0.2) is 0 Å². The van der Waals surface area contributed by atoms with Gasteiger partial charge in [0.2, 0.25) is 0 Å². The Morgan fingerprint density at radius 2 is 1.86 bits per heavy atom. The van der Waals surface area contributed by atoms with Crippen molar-refractivity contribution in [2.75, 3.05) is 26.9 Å². The molecule has 0 aliphatic heterocycles. The van der Waals surface area contributed by atoms with E-state index in [1.165, 1.54) is 0 Å². The Kier molecular flexibility index (Phi) is 13.6. The molecule has 0 fully saturated rings. The van der Waals surface area contributed by atoms with Crippen LogP contribution in [-0.4, -0.2) is 39.1 Å². The second kappa shape index (κ2) is 13.2. The third-order valence-corrected chi connectivity index (χ3v) is 2.54. The van der Waals surface area contributed by atoms with Gasteiger partial charge in [-0.15, -0.1) is 24.8 Å². The molecular weight excluding hydrogens is 333 g/mol. The number of ether oxygens (including phenoxy) is 3. The van der Waals surface area contributed by atoms with Gasteiger partial charge in [0.05, 0.1) is 12.2 Å². The quantitative estimate of drug-likeness (QED) is 0.513. The van der Waals surface area contributed by atoms with Gasteiger partial charge in [-0.1, -0.05) is 6.07 Å². The molecule has 0 bridgehead atoms. The van der Waals surface area contributed by atoms with Gasteiger partial charge in [0, 0.05) is 13.7 Å². The van der Waals surface area contributed by atoms with E-state index in [1.54, 1.807) is 25.3 Å². The lowest BCUT2D eigenvalue weighted by Crippen LogP contribution is -2.14. The van der Waals surface area contributed by atoms with Gasteiger partial charge >= 0.3 is 0 Å². The highest BCUT2D eigenvalue weighted by Crippen LogP contribution is 2.31. The number of unbranched alkanes of at least 4 members (excludes halogenated alkanes) is 1. The van der Waals surface area contributed by atoms with Crippen molar-refractivity contribution >= 4 is 37.0 Å². The van der Waals surface area contributed by atoms with Crippen LogP contribution in [0, 0.1) is 0 Å². The van der Waals surface area contributed by atoms with Crippen LogP contribution in [-0.2, 0) is 9.53 Å². The number of rotatable bonds is 10. The maximum atomic E-state index is 11.4. The number of aldehydes is 1. The van der Waals surface area contributed by atoms with E-state index >= 15 is 0 Å². The Bertz CT molecular complexity index is 457. The summed E-state index contributed by atoms with van der Waals surface area (Å²) in [4.78, 5) is 21.7. The molecule has 1 aromatic carbocycles. The van der Waals surface area contributed by atoms with Gasteiger partial charge < -0.3 is 19.9 Å². The Morgan fingerprint density at radius 3 is 2.45 bits per heavy atom. The minimum Gasteiger partial charge on any atom is -0.489 e. The van der Waals surface area contributed by atoms with Gasteiger partial charge in [-0.3, -0.25) is 9.59 Å². The number of hydrogen-bond acceptors (Lipinski definition) is 5. The van der Waals surface area contributed by atoms with Crippen LogP contribution >= 0.6 is 24.8 Å². The first kappa shape index (κ1) is 22.8. The van der Waals surface area contributed by atoms with E-state index in [2.05, 4.69) is 0 Å². The van der Waals surface area contributed by atoms with Gasteiger partial charge in [0.1, 0.15) is 6.61 Å². The minimum absolute atomic E-state index is 0. The third kappa shape index (κ3) is 7.49. The zero-order valence-electron chi connectivity index (χ0n) is 12.3. The molecule has 8 heteroatoms. The van der Waals surface area contributed by atoms with Gasteiger partial charge in [0.25, 0.3) is 5.91 Å². The van der Waals surface area contributed by atoms with Crippen LogP contribution in [0.15, 0.2) is 18.2 Å². The SMILES string of the molecule is COCCCCOc1c(OCC=O)cccc1C(N)=O.Cl.Cl. The first-order valence-electron chi connectivity index (χ1n) is 6.31. The number of carbonyl (C=O) groups excluding carboxylic acids is 2. The minimum atomic E-state index is -0.603. The van der Waals surface area contributed by atoms with Crippen molar-refractivity contribution in [3.05, 3.63) is 23.8 Å². The van der Waals surface area contributed by atoms with Crippen LogP contribution in [0.25, 0.3) is 0 Å². The zero-order valence-corrected chi connectivity index (χ0v) is 13.9. The van der Waals surface area contributed by atoms with E-state index < -0.39 is 5.91 Å². The summed E-state index contributed by atoms with van der Waals surface area (Å²) in [6.45, 7) is 0.947. The van der Waals surface area contributed by atoms with Gasteiger partial charge in [-0.05, 0) is 25.0 Å². The summed E-state index contributed by atoms with van der Waals surface area (Å²) < 4.78 is 15.7. The summed E-state index contributed by atoms with van der Waals surface area (Å²) in [5.41, 5.74) is 5.54. The maximum Gasteiger partial charge on any atom is 0.252 e. The number of benzene rings is 1. The predicted octanol–water partition coefficient (Wildman–Crippen LogP) is 2.01. The lowest BCUT2D eigenvalue weighted by Gasteiger charge is -2.14. The van der Waals surface area contributed by atoms with Crippen LogP contribution in [0.1, 0.15) is 23.2 Å². The van der Waals surface area contributed by atoms with Crippen LogP contribution in [0.2, 0.25) is 0 Å². The molecule has 0 heterocycles. The summed E-state index contributed by atoms with van der Waals surface area (Å²) in [6.07, 6.45) is 2.24. The van der Waals surface area contributed by atoms with Crippen LogP contribution < -0.4 is 15.2 Å². The Hall–Kier alpha value is -1.50. The molecule has 6 nitrogen and oxygen atoms in total. The number of amides is 1. The molecule has 0 saturated carbocycles. The predicted molar refractivity (Wildman–Crippen MR) is 87.6 cm³/mol. The maximum absolute atomic E-state index is 11.4. The van der Waals surface area contributed by atoms with Crippen LogP contribution in [0.5, 0.6) is 11.5 Å². The van der Waals surface area contributed by atoms with Crippen LogP contribution in [0.4, 0.5) is 0 Å². The molecule has 0 unspecified atom stereocenters. The monoisotopic (exact) mass is 353 g/mol. The lowest BCUT2D eigenvalue weighted by molar-refractivity contribution is -0.109. The third-order valence-electron chi connectivity index (χ3n) is 2.54. The Morgan fingerprint density at radius 1 is 1.18 bits per heavy atom. The first-order valence-corrected chi connectivity index (χ1v) is 6.31. The smallest absolute Gasteiger partial charge is 0.252 e. The molecule has 0 radical (unpaired) electrons. The van der Waals surface area contributed by atoms with Gasteiger partial charge in [-0.2, -0.15) is 0 Å². The van der Waals surface area contributed by atoms with Crippen LogP contribution in [0.3, 0.4) is 0 Å². The standard InChI is InChI=1S/C14H19NO5.2ClH/c1-18-8-2-3-9-20-13-11(14(15)17)5-4-6-12(13)19-10-7-16;;/h4-7H,2-3,8-10H2,1H3,(H2,15,17);2*1H. The van der Waals surface area contributed by atoms with E-state index in [9.17, 15) is 9.59 Å². The molecule has 0 atom stereocenters. The van der Waals surface area contributed by atoms with Crippen molar-refractivity contribution < 1.29 is 23.8 Å². The summed E-state index contributed by atoms with van der Waals surface area (Å²) in [7, 11) is 1.63. The lowest BCUT2D eigenvalue weighted by atomic mass is 10.1. The van der Waals surface area contributed by atoms with Gasteiger partial charge in [0.15, 0.2) is 17.8 Å². The molecule has 1 amide bonds. The number of nitrogens with two attached hydrogens (primary N) is 1. The zero-order chi connectivity index (χ0) is 14.8. The van der Waals surface area contributed by atoms with Crippen molar-refractivity contribution in [3.8, 4) is 11.5 Å². The average Bonchev–Trinajstić information content (AvgIpc) is 2.45. The molecule has 0 aliphatic carbocycles. The van der Waals surface area contributed by atoms with Crippen molar-refractivity contribution in [1.82, 2.24) is 0 Å². The Balaban J connectivity index is 0. The van der Waals surface area contributed by atoms with Crippen molar-refractivity contribution in [1.29, 1.82) is 0 Å². The number of halogens is 2. The van der Waals surface area contributed by atoms with Crippen molar-refractivity contribution in [3.63, 3.8) is 0 Å². The molecule has 2 N–H and O–H groups in total. The highest BCUT2D eigenvalue weighted by atomic mass is 35.5. The average molecular weight is 354 g/mol. The fourth-order valence-corrected chi connectivity index (χ4v) is 1.62. The highest BCUT2D eigenvalue weighted by molar-refractivity contribution is 5.96. The largest absolute Gasteiger partial charge is 0.489 e. The number of carbonyl (C=O) groups is 2. The number of primary amides is 1. The first-order chi connectivity index (χ1) is 9.70. The molecule has 0 saturated heterocycles. The fraction of sp³-hybridized carbons (Fsp3) is 0.429. The van der Waals surface area contributed by atoms with Crippen molar-refractivity contribution in [2.24, 2.45) is 5.73 Å². The van der Waals surface area contributed by atoms with E-state index in [4.69, 9.17) is 19.9 Å². The molecule has 1 rings (SSSR count). The second-order valence-electron chi connectivity index (χ2n) is 4.02. The van der Waals surface area contributed by atoms with E-state index in [-0.39, 0.29) is 42.7 Å². The molecule has 126 valence electrons. The van der Waals surface area contributed by atoms with Crippen molar-refractivity contribution in [2.45, 2.75) is 12.8 Å². The molecule has 0 aliphatic rings. The normalized spacial score (nSPS) is 9.14.